The van der Waals surface area contributed by atoms with Gasteiger partial charge in [0.05, 0.1) is 12.2 Å². The van der Waals surface area contributed by atoms with Crippen molar-refractivity contribution >= 4 is 39.6 Å². The van der Waals surface area contributed by atoms with E-state index in [2.05, 4.69) is 30.6 Å². The van der Waals surface area contributed by atoms with Gasteiger partial charge in [0.1, 0.15) is 16.8 Å². The molecule has 146 valence electrons. The Kier molecular flexibility index (Phi) is 6.65. The molecule has 1 aromatic carbocycles. The summed E-state index contributed by atoms with van der Waals surface area (Å²) in [6, 6.07) is 9.24. The molecule has 1 aliphatic rings. The van der Waals surface area contributed by atoms with Gasteiger partial charge in [-0.3, -0.25) is 10.1 Å². The van der Waals surface area contributed by atoms with E-state index in [9.17, 15) is 10.1 Å². The lowest BCUT2D eigenvalue weighted by Crippen LogP contribution is -2.34. The third kappa shape index (κ3) is 4.89. The van der Waals surface area contributed by atoms with Gasteiger partial charge in [0.25, 0.3) is 5.91 Å². The molecule has 5 nitrogen and oxygen atoms in total. The number of thiocarbonyl (C=S) groups is 1. The van der Waals surface area contributed by atoms with Crippen LogP contribution in [-0.4, -0.2) is 17.6 Å². The standard InChI is InChI=1S/C21H23N3O2S2/c1-13(2)10-11-26-15-8-6-14(7-9-15)19(25)23-21(27)24-20-17(12-22)16-4-3-5-18(16)28-20/h6-9,13H,3-5,10-11H2,1-2H3,(H2,23,24,25,27). The Labute approximate surface area is 174 Å². The summed E-state index contributed by atoms with van der Waals surface area (Å²) in [6.45, 7) is 4.96. The fraction of sp³-hybridized carbons (Fsp3) is 0.381. The summed E-state index contributed by atoms with van der Waals surface area (Å²) in [6.07, 6.45) is 4.01. The van der Waals surface area contributed by atoms with E-state index in [4.69, 9.17) is 17.0 Å². The molecule has 0 spiro atoms. The minimum atomic E-state index is -0.297. The highest BCUT2D eigenvalue weighted by Crippen LogP contribution is 2.38. The molecule has 0 fully saturated rings. The van der Waals surface area contributed by atoms with Crippen LogP contribution in [0.2, 0.25) is 0 Å². The number of thiophene rings is 1. The van der Waals surface area contributed by atoms with Crippen LogP contribution in [0.25, 0.3) is 0 Å². The highest BCUT2D eigenvalue weighted by atomic mass is 32.1. The fourth-order valence-electron chi connectivity index (χ4n) is 3.04. The lowest BCUT2D eigenvalue weighted by molar-refractivity contribution is 0.0977. The monoisotopic (exact) mass is 413 g/mol. The Bertz CT molecular complexity index is 911. The maximum Gasteiger partial charge on any atom is 0.257 e. The average Bonchev–Trinajstić information content (AvgIpc) is 3.22. The molecule has 0 unspecified atom stereocenters. The number of rotatable bonds is 6. The minimum Gasteiger partial charge on any atom is -0.494 e. The van der Waals surface area contributed by atoms with Gasteiger partial charge in [-0.15, -0.1) is 11.3 Å². The lowest BCUT2D eigenvalue weighted by Gasteiger charge is -2.10. The molecule has 0 saturated heterocycles. The quantitative estimate of drug-likeness (QED) is 0.674. The van der Waals surface area contributed by atoms with Gasteiger partial charge >= 0.3 is 0 Å². The highest BCUT2D eigenvalue weighted by molar-refractivity contribution is 7.80. The van der Waals surface area contributed by atoms with E-state index in [-0.39, 0.29) is 11.0 Å². The normalized spacial score (nSPS) is 12.4. The van der Waals surface area contributed by atoms with E-state index in [1.807, 2.05) is 0 Å². The lowest BCUT2D eigenvalue weighted by atomic mass is 10.1. The Morgan fingerprint density at radius 2 is 2.07 bits per heavy atom. The smallest absolute Gasteiger partial charge is 0.257 e. The van der Waals surface area contributed by atoms with Crippen molar-refractivity contribution in [2.45, 2.75) is 39.5 Å². The average molecular weight is 414 g/mol. The molecule has 1 heterocycles. The van der Waals surface area contributed by atoms with Crippen molar-refractivity contribution in [1.82, 2.24) is 5.32 Å². The Balaban J connectivity index is 1.56. The second kappa shape index (κ2) is 9.18. The van der Waals surface area contributed by atoms with E-state index >= 15 is 0 Å². The maximum absolute atomic E-state index is 12.4. The van der Waals surface area contributed by atoms with E-state index in [1.165, 1.54) is 4.88 Å². The first kappa shape index (κ1) is 20.3. The number of anilines is 1. The zero-order chi connectivity index (χ0) is 20.1. The predicted molar refractivity (Wildman–Crippen MR) is 116 cm³/mol. The molecule has 2 N–H and O–H groups in total. The molecule has 0 radical (unpaired) electrons. The van der Waals surface area contributed by atoms with Crippen LogP contribution < -0.4 is 15.4 Å². The summed E-state index contributed by atoms with van der Waals surface area (Å²) in [5.74, 6) is 1.03. The number of nitrogens with zero attached hydrogens (tertiary/aromatic N) is 1. The van der Waals surface area contributed by atoms with E-state index in [1.54, 1.807) is 35.6 Å². The van der Waals surface area contributed by atoms with Crippen LogP contribution in [0.15, 0.2) is 24.3 Å². The number of amides is 1. The zero-order valence-electron chi connectivity index (χ0n) is 16.0. The van der Waals surface area contributed by atoms with Gasteiger partial charge in [-0.25, -0.2) is 0 Å². The van der Waals surface area contributed by atoms with Gasteiger partial charge < -0.3 is 10.1 Å². The summed E-state index contributed by atoms with van der Waals surface area (Å²) in [7, 11) is 0. The third-order valence-electron chi connectivity index (χ3n) is 4.57. The summed E-state index contributed by atoms with van der Waals surface area (Å²) in [5, 5.41) is 16.0. The number of aryl methyl sites for hydroxylation is 1. The molecule has 0 atom stereocenters. The Morgan fingerprint density at radius 1 is 1.32 bits per heavy atom. The molecule has 1 aromatic heterocycles. The SMILES string of the molecule is CC(C)CCOc1ccc(C(=O)NC(=S)Nc2sc3c(c2C#N)CCC3)cc1. The van der Waals surface area contributed by atoms with Crippen molar-refractivity contribution in [1.29, 1.82) is 5.26 Å². The van der Waals surface area contributed by atoms with Crippen molar-refractivity contribution < 1.29 is 9.53 Å². The molecule has 1 aliphatic carbocycles. The summed E-state index contributed by atoms with van der Waals surface area (Å²) in [4.78, 5) is 13.7. The number of carbonyl (C=O) groups excluding carboxylic acids is 1. The van der Waals surface area contributed by atoms with E-state index in [0.717, 1.165) is 37.0 Å². The van der Waals surface area contributed by atoms with E-state index in [0.29, 0.717) is 28.7 Å². The van der Waals surface area contributed by atoms with Crippen molar-refractivity contribution in [2.24, 2.45) is 5.92 Å². The van der Waals surface area contributed by atoms with Gasteiger partial charge in [0, 0.05) is 10.4 Å². The van der Waals surface area contributed by atoms with Crippen LogP contribution in [0.4, 0.5) is 5.00 Å². The second-order valence-electron chi connectivity index (χ2n) is 7.14. The molecule has 0 bridgehead atoms. The highest BCUT2D eigenvalue weighted by Gasteiger charge is 2.22. The maximum atomic E-state index is 12.4. The topological polar surface area (TPSA) is 74.2 Å². The number of hydrogen-bond acceptors (Lipinski definition) is 5. The Hall–Kier alpha value is -2.43. The molecule has 28 heavy (non-hydrogen) atoms. The Morgan fingerprint density at radius 3 is 2.75 bits per heavy atom. The van der Waals surface area contributed by atoms with Gasteiger partial charge in [-0.2, -0.15) is 5.26 Å². The molecule has 1 amide bonds. The number of benzene rings is 1. The first-order valence-electron chi connectivity index (χ1n) is 9.37. The molecule has 7 heteroatoms. The molecule has 2 aromatic rings. The fourth-order valence-corrected chi connectivity index (χ4v) is 4.54. The summed E-state index contributed by atoms with van der Waals surface area (Å²) in [5.41, 5.74) is 2.27. The zero-order valence-corrected chi connectivity index (χ0v) is 17.6. The largest absolute Gasteiger partial charge is 0.494 e. The van der Waals surface area contributed by atoms with Gasteiger partial charge in [-0.05, 0) is 73.6 Å². The predicted octanol–water partition coefficient (Wildman–Crippen LogP) is 4.66. The van der Waals surface area contributed by atoms with Crippen molar-refractivity contribution in [3.63, 3.8) is 0 Å². The molecule has 3 rings (SSSR count). The van der Waals surface area contributed by atoms with Crippen LogP contribution in [0.5, 0.6) is 5.75 Å². The van der Waals surface area contributed by atoms with Crippen LogP contribution in [0.1, 0.15) is 53.1 Å². The molecular formula is C21H23N3O2S2. The number of nitriles is 1. The number of hydrogen-bond donors (Lipinski definition) is 2. The first-order valence-corrected chi connectivity index (χ1v) is 10.6. The van der Waals surface area contributed by atoms with Crippen molar-refractivity contribution in [2.75, 3.05) is 11.9 Å². The number of carbonyl (C=O) groups is 1. The number of ether oxygens (including phenoxy) is 1. The van der Waals surface area contributed by atoms with Gasteiger partial charge in [0.2, 0.25) is 0 Å². The van der Waals surface area contributed by atoms with Gasteiger partial charge in [-0.1, -0.05) is 13.8 Å². The number of fused-ring (bicyclic) bond motifs is 1. The van der Waals surface area contributed by atoms with Crippen LogP contribution in [0, 0.1) is 17.2 Å². The van der Waals surface area contributed by atoms with Crippen LogP contribution in [-0.2, 0) is 12.8 Å². The molecule has 0 saturated carbocycles. The van der Waals surface area contributed by atoms with Gasteiger partial charge in [0.15, 0.2) is 5.11 Å². The van der Waals surface area contributed by atoms with Crippen molar-refractivity contribution in [3.05, 3.63) is 45.8 Å². The summed E-state index contributed by atoms with van der Waals surface area (Å²) >= 11 is 6.81. The van der Waals surface area contributed by atoms with Crippen molar-refractivity contribution in [3.8, 4) is 11.8 Å². The second-order valence-corrected chi connectivity index (χ2v) is 8.65. The summed E-state index contributed by atoms with van der Waals surface area (Å²) < 4.78 is 5.67. The molecule has 0 aliphatic heterocycles. The van der Waals surface area contributed by atoms with E-state index < -0.39 is 0 Å². The molecular weight excluding hydrogens is 390 g/mol. The van der Waals surface area contributed by atoms with Crippen LogP contribution >= 0.6 is 23.6 Å². The minimum absolute atomic E-state index is 0.193. The first-order chi connectivity index (χ1) is 13.5. The van der Waals surface area contributed by atoms with Crippen LogP contribution in [0.3, 0.4) is 0 Å². The number of nitrogens with one attached hydrogen (secondary N) is 2. The third-order valence-corrected chi connectivity index (χ3v) is 5.98.